The minimum Gasteiger partial charge on any atom is -0.378 e. The SMILES string of the molecule is Cc1nc(N2CCOCC2)sc1C(=O)NNC(=O)C1(c2cccc(Br)c2)CC1. The first-order valence-electron chi connectivity index (χ1n) is 9.16. The van der Waals surface area contributed by atoms with E-state index in [1.54, 1.807) is 6.92 Å². The average molecular weight is 465 g/mol. The number of anilines is 1. The van der Waals surface area contributed by atoms with Gasteiger partial charge in [-0.25, -0.2) is 4.98 Å². The molecule has 1 saturated carbocycles. The third-order valence-electron chi connectivity index (χ3n) is 5.12. The van der Waals surface area contributed by atoms with Gasteiger partial charge in [0.2, 0.25) is 5.91 Å². The fourth-order valence-electron chi connectivity index (χ4n) is 3.33. The molecule has 7 nitrogen and oxygen atoms in total. The fraction of sp³-hybridized carbons (Fsp3) is 0.421. The van der Waals surface area contributed by atoms with Gasteiger partial charge in [-0.2, -0.15) is 0 Å². The lowest BCUT2D eigenvalue weighted by Crippen LogP contribution is -2.46. The molecule has 1 aromatic heterocycles. The molecule has 1 aliphatic carbocycles. The first-order valence-corrected chi connectivity index (χ1v) is 10.8. The zero-order valence-corrected chi connectivity index (χ0v) is 17.9. The molecule has 2 amide bonds. The summed E-state index contributed by atoms with van der Waals surface area (Å²) in [6.45, 7) is 4.66. The van der Waals surface area contributed by atoms with Gasteiger partial charge >= 0.3 is 0 Å². The molecule has 1 aliphatic heterocycles. The van der Waals surface area contributed by atoms with Crippen molar-refractivity contribution in [2.24, 2.45) is 0 Å². The molecule has 1 saturated heterocycles. The van der Waals surface area contributed by atoms with E-state index in [0.29, 0.717) is 23.8 Å². The predicted octanol–water partition coefficient (Wildman–Crippen LogP) is 2.54. The molecule has 9 heteroatoms. The van der Waals surface area contributed by atoms with Crippen LogP contribution in [0.15, 0.2) is 28.7 Å². The van der Waals surface area contributed by atoms with Crippen LogP contribution in [0.1, 0.15) is 33.8 Å². The van der Waals surface area contributed by atoms with Crippen molar-refractivity contribution in [3.05, 3.63) is 44.9 Å². The zero-order chi connectivity index (χ0) is 19.7. The number of thiazole rings is 1. The van der Waals surface area contributed by atoms with Crippen LogP contribution in [-0.2, 0) is 14.9 Å². The topological polar surface area (TPSA) is 83.6 Å². The standard InChI is InChI=1S/C19H21BrN4O3S/c1-12-15(28-18(21-12)24-7-9-27-10-8-24)16(25)22-23-17(26)19(5-6-19)13-3-2-4-14(20)11-13/h2-4,11H,5-10H2,1H3,(H,22,25)(H,23,26). The first kappa shape index (κ1) is 19.4. The highest BCUT2D eigenvalue weighted by atomic mass is 79.9. The Hall–Kier alpha value is -1.97. The van der Waals surface area contributed by atoms with Crippen LogP contribution in [0.25, 0.3) is 0 Å². The largest absolute Gasteiger partial charge is 0.378 e. The summed E-state index contributed by atoms with van der Waals surface area (Å²) in [5, 5.41) is 0.810. The van der Waals surface area contributed by atoms with Gasteiger partial charge in [-0.05, 0) is 37.5 Å². The summed E-state index contributed by atoms with van der Waals surface area (Å²) in [6, 6.07) is 7.74. The Labute approximate surface area is 175 Å². The lowest BCUT2D eigenvalue weighted by molar-refractivity contribution is -0.124. The van der Waals surface area contributed by atoms with Gasteiger partial charge in [-0.3, -0.25) is 20.4 Å². The van der Waals surface area contributed by atoms with E-state index in [9.17, 15) is 9.59 Å². The van der Waals surface area contributed by atoms with Crippen LogP contribution in [0.4, 0.5) is 5.13 Å². The summed E-state index contributed by atoms with van der Waals surface area (Å²) in [6.07, 6.45) is 1.54. The Morgan fingerprint density at radius 3 is 2.68 bits per heavy atom. The molecule has 1 aromatic carbocycles. The van der Waals surface area contributed by atoms with Crippen LogP contribution in [0.2, 0.25) is 0 Å². The maximum Gasteiger partial charge on any atom is 0.281 e. The molecule has 148 valence electrons. The quantitative estimate of drug-likeness (QED) is 0.679. The van der Waals surface area contributed by atoms with E-state index in [1.807, 2.05) is 24.3 Å². The summed E-state index contributed by atoms with van der Waals surface area (Å²) >= 11 is 4.79. The number of amides is 2. The number of aromatic nitrogens is 1. The lowest BCUT2D eigenvalue weighted by atomic mass is 9.95. The van der Waals surface area contributed by atoms with E-state index in [2.05, 4.69) is 36.7 Å². The van der Waals surface area contributed by atoms with Crippen molar-refractivity contribution in [2.75, 3.05) is 31.2 Å². The summed E-state index contributed by atoms with van der Waals surface area (Å²) < 4.78 is 6.29. The monoisotopic (exact) mass is 464 g/mol. The molecule has 2 fully saturated rings. The average Bonchev–Trinajstić information content (AvgIpc) is 3.43. The van der Waals surface area contributed by atoms with E-state index in [1.165, 1.54) is 11.3 Å². The van der Waals surface area contributed by atoms with Crippen molar-refractivity contribution < 1.29 is 14.3 Å². The summed E-state index contributed by atoms with van der Waals surface area (Å²) in [5.74, 6) is -0.526. The van der Waals surface area contributed by atoms with Crippen molar-refractivity contribution in [2.45, 2.75) is 25.2 Å². The maximum absolute atomic E-state index is 12.7. The van der Waals surface area contributed by atoms with Gasteiger partial charge in [0.25, 0.3) is 5.91 Å². The van der Waals surface area contributed by atoms with Crippen LogP contribution in [0, 0.1) is 6.92 Å². The summed E-state index contributed by atoms with van der Waals surface area (Å²) in [7, 11) is 0. The number of morpholine rings is 1. The minimum atomic E-state index is -0.557. The Kier molecular flexibility index (Phi) is 5.39. The lowest BCUT2D eigenvalue weighted by Gasteiger charge is -2.25. The number of halogens is 1. The third-order valence-corrected chi connectivity index (χ3v) is 6.83. The number of carbonyl (C=O) groups is 2. The molecule has 0 unspecified atom stereocenters. The second-order valence-electron chi connectivity index (χ2n) is 7.01. The molecule has 28 heavy (non-hydrogen) atoms. The van der Waals surface area contributed by atoms with Crippen LogP contribution < -0.4 is 15.8 Å². The van der Waals surface area contributed by atoms with Crippen molar-refractivity contribution in [1.82, 2.24) is 15.8 Å². The van der Waals surface area contributed by atoms with Crippen molar-refractivity contribution >= 4 is 44.2 Å². The number of nitrogens with zero attached hydrogens (tertiary/aromatic N) is 2. The fourth-order valence-corrected chi connectivity index (χ4v) is 4.74. The number of aryl methyl sites for hydroxylation is 1. The van der Waals surface area contributed by atoms with Gasteiger partial charge in [0.1, 0.15) is 4.88 Å². The molecular formula is C19H21BrN4O3S. The van der Waals surface area contributed by atoms with E-state index in [4.69, 9.17) is 4.74 Å². The van der Waals surface area contributed by atoms with Gasteiger partial charge in [0.05, 0.1) is 24.3 Å². The number of ether oxygens (including phenoxy) is 1. The van der Waals surface area contributed by atoms with Gasteiger partial charge in [-0.1, -0.05) is 39.4 Å². The molecule has 2 N–H and O–H groups in total. The highest BCUT2D eigenvalue weighted by molar-refractivity contribution is 9.10. The highest BCUT2D eigenvalue weighted by Gasteiger charge is 2.51. The molecule has 0 bridgehead atoms. The number of benzene rings is 1. The molecule has 4 rings (SSSR count). The van der Waals surface area contributed by atoms with Crippen LogP contribution in [0.5, 0.6) is 0 Å². The van der Waals surface area contributed by atoms with Gasteiger partial charge in [0.15, 0.2) is 5.13 Å². The van der Waals surface area contributed by atoms with Crippen LogP contribution in [0.3, 0.4) is 0 Å². The highest BCUT2D eigenvalue weighted by Crippen LogP contribution is 2.48. The smallest absolute Gasteiger partial charge is 0.281 e. The van der Waals surface area contributed by atoms with Crippen LogP contribution >= 0.6 is 27.3 Å². The van der Waals surface area contributed by atoms with E-state index in [-0.39, 0.29) is 11.8 Å². The molecule has 0 spiro atoms. The number of rotatable bonds is 4. The molecular weight excluding hydrogens is 444 g/mol. The second kappa shape index (κ2) is 7.81. The Bertz CT molecular complexity index is 906. The van der Waals surface area contributed by atoms with E-state index >= 15 is 0 Å². The number of hydrazine groups is 1. The number of carbonyl (C=O) groups excluding carboxylic acids is 2. The molecule has 2 heterocycles. The Morgan fingerprint density at radius 1 is 1.25 bits per heavy atom. The molecule has 0 atom stereocenters. The Morgan fingerprint density at radius 2 is 2.00 bits per heavy atom. The Balaban J connectivity index is 1.40. The minimum absolute atomic E-state index is 0.186. The normalized spacial score (nSPS) is 17.9. The number of hydrogen-bond donors (Lipinski definition) is 2. The van der Waals surface area contributed by atoms with Crippen molar-refractivity contribution in [3.8, 4) is 0 Å². The predicted molar refractivity (Wildman–Crippen MR) is 111 cm³/mol. The van der Waals surface area contributed by atoms with Gasteiger partial charge in [0, 0.05) is 17.6 Å². The first-order chi connectivity index (χ1) is 13.5. The molecule has 2 aliphatic rings. The number of nitrogens with one attached hydrogen (secondary N) is 2. The summed E-state index contributed by atoms with van der Waals surface area (Å²) in [5.41, 5.74) is 6.23. The maximum atomic E-state index is 12.7. The number of hydrogen-bond acceptors (Lipinski definition) is 6. The second-order valence-corrected chi connectivity index (χ2v) is 8.90. The summed E-state index contributed by atoms with van der Waals surface area (Å²) in [4.78, 5) is 32.5. The van der Waals surface area contributed by atoms with Crippen molar-refractivity contribution in [1.29, 1.82) is 0 Å². The van der Waals surface area contributed by atoms with Crippen LogP contribution in [-0.4, -0.2) is 43.1 Å². The van der Waals surface area contributed by atoms with Crippen molar-refractivity contribution in [3.63, 3.8) is 0 Å². The van der Waals surface area contributed by atoms with E-state index < -0.39 is 5.41 Å². The van der Waals surface area contributed by atoms with E-state index in [0.717, 1.165) is 41.1 Å². The molecule has 0 radical (unpaired) electrons. The zero-order valence-electron chi connectivity index (χ0n) is 15.5. The third kappa shape index (κ3) is 3.78. The molecule has 2 aromatic rings. The van der Waals surface area contributed by atoms with Gasteiger partial charge < -0.3 is 9.64 Å². The van der Waals surface area contributed by atoms with Gasteiger partial charge in [-0.15, -0.1) is 0 Å².